The summed E-state index contributed by atoms with van der Waals surface area (Å²) in [6.45, 7) is 6.39. The maximum atomic E-state index is 14.3. The predicted molar refractivity (Wildman–Crippen MR) is 163 cm³/mol. The Morgan fingerprint density at radius 3 is 2.48 bits per heavy atom. The summed E-state index contributed by atoms with van der Waals surface area (Å²) in [5.41, 5.74) is 3.77. The number of allylic oxidation sites excluding steroid dienone is 1. The predicted octanol–water partition coefficient (Wildman–Crippen LogP) is 6.41. The maximum absolute atomic E-state index is 14.3. The molecule has 7 nitrogen and oxygen atoms in total. The number of piperazine rings is 1. The topological polar surface area (TPSA) is 76.5 Å². The van der Waals surface area contributed by atoms with Crippen molar-refractivity contribution in [3.63, 3.8) is 0 Å². The molecule has 206 valence electrons. The number of hydrogen-bond donors (Lipinski definition) is 1. The van der Waals surface area contributed by atoms with E-state index in [9.17, 15) is 9.59 Å². The number of carbonyl (C=O) groups is 1. The number of aromatic nitrogens is 2. The lowest BCUT2D eigenvalue weighted by atomic mass is 10.0. The minimum atomic E-state index is -0.337. The highest BCUT2D eigenvalue weighted by atomic mass is 35.5. The smallest absolute Gasteiger partial charge is 0.265 e. The zero-order valence-corrected chi connectivity index (χ0v) is 24.7. The number of halogens is 2. The van der Waals surface area contributed by atoms with Crippen LogP contribution in [0, 0.1) is 0 Å². The van der Waals surface area contributed by atoms with E-state index in [1.54, 1.807) is 48.4 Å². The van der Waals surface area contributed by atoms with Crippen LogP contribution in [0.2, 0.25) is 10.0 Å². The van der Waals surface area contributed by atoms with Crippen LogP contribution >= 0.6 is 34.5 Å². The van der Waals surface area contributed by atoms with Crippen molar-refractivity contribution < 1.29 is 9.53 Å². The third-order valence-electron chi connectivity index (χ3n) is 6.57. The monoisotopic (exact) mass is 594 g/mol. The molecular formula is C30H28Cl2N4O3S. The quantitative estimate of drug-likeness (QED) is 0.279. The molecule has 1 N–H and O–H groups in total. The molecule has 0 saturated carbocycles. The van der Waals surface area contributed by atoms with Crippen molar-refractivity contribution in [1.29, 1.82) is 0 Å². The van der Waals surface area contributed by atoms with Crippen LogP contribution < -0.4 is 15.6 Å². The number of nitrogens with one attached hydrogen (secondary N) is 1. The van der Waals surface area contributed by atoms with Gasteiger partial charge in [0.2, 0.25) is 0 Å². The number of rotatable bonds is 6. The second kappa shape index (κ2) is 12.0. The second-order valence-corrected chi connectivity index (χ2v) is 11.3. The molecule has 1 aliphatic heterocycles. The van der Waals surface area contributed by atoms with Gasteiger partial charge in [-0.05, 0) is 50.3 Å². The Labute approximate surface area is 246 Å². The number of benzene rings is 2. The number of thiazole rings is 1. The van der Waals surface area contributed by atoms with Crippen molar-refractivity contribution >= 4 is 46.5 Å². The molecule has 5 rings (SSSR count). The van der Waals surface area contributed by atoms with Crippen molar-refractivity contribution in [2.24, 2.45) is 0 Å². The summed E-state index contributed by atoms with van der Waals surface area (Å²) in [5.74, 6) is 0.381. The first-order chi connectivity index (χ1) is 19.3. The summed E-state index contributed by atoms with van der Waals surface area (Å²) in [4.78, 5) is 34.9. The number of amides is 1. The zero-order chi connectivity index (χ0) is 28.4. The minimum absolute atomic E-state index is 0.155. The third-order valence-corrected chi connectivity index (χ3v) is 8.01. The summed E-state index contributed by atoms with van der Waals surface area (Å²) in [6.07, 6.45) is 1.84. The molecule has 0 radical (unpaired) electrons. The van der Waals surface area contributed by atoms with Crippen LogP contribution in [-0.2, 0) is 0 Å². The van der Waals surface area contributed by atoms with Gasteiger partial charge < -0.3 is 15.0 Å². The van der Waals surface area contributed by atoms with Gasteiger partial charge in [0.25, 0.3) is 11.5 Å². The summed E-state index contributed by atoms with van der Waals surface area (Å²) >= 11 is 14.1. The summed E-state index contributed by atoms with van der Waals surface area (Å²) in [6, 6.07) is 14.2. The molecule has 4 aromatic rings. The molecule has 10 heteroatoms. The molecular weight excluding hydrogens is 567 g/mol. The fourth-order valence-electron chi connectivity index (χ4n) is 4.59. The Balaban J connectivity index is 1.78. The maximum Gasteiger partial charge on any atom is 0.265 e. The van der Waals surface area contributed by atoms with E-state index < -0.39 is 0 Å². The van der Waals surface area contributed by atoms with Crippen molar-refractivity contribution in [3.8, 4) is 33.3 Å². The van der Waals surface area contributed by atoms with Crippen LogP contribution in [0.25, 0.3) is 33.6 Å². The standard InChI is InChI=1S/C30H28Cl2N4O3S/c1-18(2)14-26-22(29(37)35-12-10-33-11-13-35)16-23(28-34-25(17-40-28)19-4-6-20(31)7-5-19)30(38)36(26)27-15-21(39-3)8-9-24(27)32/h4-9,14-17,33H,10-13H2,1-3H3. The van der Waals surface area contributed by atoms with E-state index in [4.69, 9.17) is 32.9 Å². The normalized spacial score (nSPS) is 13.3. The highest BCUT2D eigenvalue weighted by Crippen LogP contribution is 2.32. The van der Waals surface area contributed by atoms with Crippen LogP contribution in [0.15, 0.2) is 64.3 Å². The van der Waals surface area contributed by atoms with E-state index in [-0.39, 0.29) is 11.5 Å². The molecule has 0 atom stereocenters. The number of ether oxygens (including phenoxy) is 1. The van der Waals surface area contributed by atoms with Gasteiger partial charge in [-0.25, -0.2) is 4.98 Å². The molecule has 2 aromatic heterocycles. The molecule has 0 bridgehead atoms. The first-order valence-corrected chi connectivity index (χ1v) is 14.4. The van der Waals surface area contributed by atoms with E-state index in [1.165, 1.54) is 15.9 Å². The average molecular weight is 596 g/mol. The first kappa shape index (κ1) is 28.1. The van der Waals surface area contributed by atoms with E-state index in [1.807, 2.05) is 37.4 Å². The van der Waals surface area contributed by atoms with Crippen molar-refractivity contribution in [2.75, 3.05) is 33.3 Å². The van der Waals surface area contributed by atoms with Gasteiger partial charge in [-0.3, -0.25) is 14.2 Å². The third kappa shape index (κ3) is 5.71. The van der Waals surface area contributed by atoms with E-state index in [0.717, 1.165) is 11.1 Å². The summed E-state index contributed by atoms with van der Waals surface area (Å²) in [7, 11) is 1.55. The number of pyridine rings is 1. The van der Waals surface area contributed by atoms with Crippen molar-refractivity contribution in [2.45, 2.75) is 13.8 Å². The average Bonchev–Trinajstić information content (AvgIpc) is 3.44. The molecule has 1 fully saturated rings. The number of methoxy groups -OCH3 is 1. The molecule has 0 aliphatic carbocycles. The van der Waals surface area contributed by atoms with Crippen molar-refractivity contribution in [1.82, 2.24) is 19.8 Å². The van der Waals surface area contributed by atoms with Gasteiger partial charge in [0.15, 0.2) is 0 Å². The lowest BCUT2D eigenvalue weighted by molar-refractivity contribution is 0.0735. The van der Waals surface area contributed by atoms with Gasteiger partial charge >= 0.3 is 0 Å². The fourth-order valence-corrected chi connectivity index (χ4v) is 5.75. The SMILES string of the molecule is COc1ccc(Cl)c(-n2c(C=C(C)C)c(C(=O)N3CCNCC3)cc(-c3nc(-c4ccc(Cl)cc4)cs3)c2=O)c1. The molecule has 0 spiro atoms. The number of carbonyl (C=O) groups excluding carboxylic acids is 1. The molecule has 1 saturated heterocycles. The van der Waals surface area contributed by atoms with Crippen LogP contribution in [0.4, 0.5) is 0 Å². The van der Waals surface area contributed by atoms with Gasteiger partial charge in [0.1, 0.15) is 10.8 Å². The Morgan fingerprint density at radius 1 is 1.07 bits per heavy atom. The lowest BCUT2D eigenvalue weighted by Gasteiger charge is -2.29. The van der Waals surface area contributed by atoms with E-state index >= 15 is 0 Å². The van der Waals surface area contributed by atoms with Crippen LogP contribution in [0.3, 0.4) is 0 Å². The van der Waals surface area contributed by atoms with Crippen LogP contribution in [0.5, 0.6) is 5.75 Å². The van der Waals surface area contributed by atoms with Gasteiger partial charge in [0.05, 0.1) is 40.3 Å². The Kier molecular flexibility index (Phi) is 8.42. The minimum Gasteiger partial charge on any atom is -0.497 e. The molecule has 2 aromatic carbocycles. The van der Waals surface area contributed by atoms with Gasteiger partial charge in [-0.15, -0.1) is 11.3 Å². The summed E-state index contributed by atoms with van der Waals surface area (Å²) < 4.78 is 6.96. The van der Waals surface area contributed by atoms with Crippen LogP contribution in [0.1, 0.15) is 29.9 Å². The van der Waals surface area contributed by atoms with Gasteiger partial charge in [-0.1, -0.05) is 40.9 Å². The molecule has 3 heterocycles. The van der Waals surface area contributed by atoms with E-state index in [0.29, 0.717) is 75.2 Å². The highest BCUT2D eigenvalue weighted by molar-refractivity contribution is 7.13. The molecule has 1 aliphatic rings. The van der Waals surface area contributed by atoms with Crippen LogP contribution in [-0.4, -0.2) is 53.6 Å². The number of hydrogen-bond acceptors (Lipinski definition) is 6. The second-order valence-electron chi connectivity index (χ2n) is 9.62. The van der Waals surface area contributed by atoms with Gasteiger partial charge in [0, 0.05) is 48.2 Å². The Morgan fingerprint density at radius 2 is 1.80 bits per heavy atom. The lowest BCUT2D eigenvalue weighted by Crippen LogP contribution is -2.47. The zero-order valence-electron chi connectivity index (χ0n) is 22.3. The fraction of sp³-hybridized carbons (Fsp3) is 0.233. The van der Waals surface area contributed by atoms with E-state index in [2.05, 4.69) is 5.32 Å². The largest absolute Gasteiger partial charge is 0.497 e. The highest BCUT2D eigenvalue weighted by Gasteiger charge is 2.27. The molecule has 40 heavy (non-hydrogen) atoms. The van der Waals surface area contributed by atoms with Crippen molar-refractivity contribution in [3.05, 3.63) is 91.1 Å². The number of nitrogens with zero attached hydrogens (tertiary/aromatic N) is 3. The molecule has 1 amide bonds. The summed E-state index contributed by atoms with van der Waals surface area (Å²) in [5, 5.41) is 6.66. The Hall–Kier alpha value is -3.43. The molecule has 0 unspecified atom stereocenters. The first-order valence-electron chi connectivity index (χ1n) is 12.8. The Bertz CT molecular complexity index is 1650. The van der Waals surface area contributed by atoms with Gasteiger partial charge in [-0.2, -0.15) is 0 Å².